The molecule has 0 N–H and O–H groups in total. The van der Waals surface area contributed by atoms with Crippen LogP contribution >= 0.6 is 46.4 Å². The molecule has 0 saturated carbocycles. The van der Waals surface area contributed by atoms with E-state index in [2.05, 4.69) is 9.97 Å². The zero-order valence-corrected chi connectivity index (χ0v) is 14.1. The smallest absolute Gasteiger partial charge is 0.239 e. The highest BCUT2D eigenvalue weighted by Gasteiger charge is 2.51. The number of nitrogens with zero attached hydrogens (tertiary/aromatic N) is 2. The summed E-state index contributed by atoms with van der Waals surface area (Å²) in [5, 5.41) is 0.256. The maximum absolute atomic E-state index is 5.88. The van der Waals surface area contributed by atoms with Crippen LogP contribution in [0.25, 0.3) is 0 Å². The molecule has 3 rings (SSSR count). The lowest BCUT2D eigenvalue weighted by Gasteiger charge is -2.18. The Balaban J connectivity index is 1.81. The van der Waals surface area contributed by atoms with Gasteiger partial charge in [0.15, 0.2) is 8.95 Å². The molecular weight excluding hydrogens is 370 g/mol. The second kappa shape index (κ2) is 6.02. The Kier molecular flexibility index (Phi) is 4.40. The van der Waals surface area contributed by atoms with Gasteiger partial charge < -0.3 is 9.47 Å². The Morgan fingerprint density at radius 1 is 1.27 bits per heavy atom. The van der Waals surface area contributed by atoms with Gasteiger partial charge in [0, 0.05) is 6.42 Å². The molecule has 22 heavy (non-hydrogen) atoms. The van der Waals surface area contributed by atoms with E-state index in [1.165, 1.54) is 12.4 Å². The number of aromatic nitrogens is 2. The zero-order chi connectivity index (χ0) is 15.8. The Morgan fingerprint density at radius 3 is 2.68 bits per heavy atom. The number of rotatable bonds is 4. The Labute approximate surface area is 147 Å². The molecule has 116 valence electrons. The molecule has 1 aromatic heterocycles. The van der Waals surface area contributed by atoms with Crippen LogP contribution in [0.15, 0.2) is 36.7 Å². The fraction of sp³-hybridized carbons (Fsp3) is 0.286. The highest BCUT2D eigenvalue weighted by molar-refractivity contribution is 6.67. The van der Waals surface area contributed by atoms with E-state index in [9.17, 15) is 0 Å². The molecule has 1 aromatic carbocycles. The first kappa shape index (κ1) is 16.1. The van der Waals surface area contributed by atoms with Gasteiger partial charge in [-0.3, -0.25) is 4.98 Å². The molecule has 1 unspecified atom stereocenters. The molecule has 4 nitrogen and oxygen atoms in total. The Hall–Kier alpha value is -0.780. The van der Waals surface area contributed by atoms with Crippen molar-refractivity contribution in [2.24, 2.45) is 0 Å². The van der Waals surface area contributed by atoms with E-state index in [0.717, 1.165) is 5.56 Å². The van der Waals surface area contributed by atoms with Crippen molar-refractivity contribution in [3.05, 3.63) is 47.4 Å². The maximum Gasteiger partial charge on any atom is 0.239 e. The summed E-state index contributed by atoms with van der Waals surface area (Å²) < 4.78 is 9.78. The minimum absolute atomic E-state index is 0.256. The van der Waals surface area contributed by atoms with Gasteiger partial charge in [0.25, 0.3) is 0 Å². The van der Waals surface area contributed by atoms with Crippen molar-refractivity contribution in [1.82, 2.24) is 9.97 Å². The van der Waals surface area contributed by atoms with Crippen molar-refractivity contribution in [3.8, 4) is 11.6 Å². The van der Waals surface area contributed by atoms with Crippen LogP contribution in [0.4, 0.5) is 0 Å². The van der Waals surface area contributed by atoms with Gasteiger partial charge >= 0.3 is 0 Å². The molecule has 0 amide bonds. The molecule has 2 heterocycles. The van der Waals surface area contributed by atoms with Gasteiger partial charge in [0.1, 0.15) is 11.4 Å². The van der Waals surface area contributed by atoms with Crippen molar-refractivity contribution in [2.45, 2.75) is 15.8 Å². The molecule has 8 heteroatoms. The predicted octanol–water partition coefficient (Wildman–Crippen LogP) is 4.91. The van der Waals surface area contributed by atoms with E-state index in [4.69, 9.17) is 55.9 Å². The van der Waals surface area contributed by atoms with Gasteiger partial charge in [0.05, 0.1) is 19.0 Å². The molecular formula is C14H10Cl4N2O2. The normalized spacial score (nSPS) is 20.7. The molecule has 1 fully saturated rings. The topological polar surface area (TPSA) is 47.5 Å². The number of epoxide rings is 1. The van der Waals surface area contributed by atoms with Crippen molar-refractivity contribution in [2.75, 3.05) is 6.61 Å². The molecule has 1 aliphatic heterocycles. The lowest BCUT2D eigenvalue weighted by Crippen LogP contribution is -2.18. The lowest BCUT2D eigenvalue weighted by molar-refractivity contribution is 0.294. The van der Waals surface area contributed by atoms with E-state index >= 15 is 0 Å². The maximum atomic E-state index is 5.88. The highest BCUT2D eigenvalue weighted by Crippen LogP contribution is 2.50. The second-order valence-corrected chi connectivity index (χ2v) is 7.79. The molecule has 0 spiro atoms. The lowest BCUT2D eigenvalue weighted by atomic mass is 9.97. The van der Waals surface area contributed by atoms with Crippen molar-refractivity contribution in [1.29, 1.82) is 0 Å². The first-order chi connectivity index (χ1) is 10.4. The predicted molar refractivity (Wildman–Crippen MR) is 86.1 cm³/mol. The van der Waals surface area contributed by atoms with Crippen LogP contribution in [0.3, 0.4) is 0 Å². The molecule has 1 atom stereocenters. The molecule has 1 aliphatic rings. The first-order valence-corrected chi connectivity index (χ1v) is 7.84. The minimum Gasteiger partial charge on any atom is -0.437 e. The van der Waals surface area contributed by atoms with E-state index in [0.29, 0.717) is 18.2 Å². The summed E-state index contributed by atoms with van der Waals surface area (Å²) >= 11 is 23.4. The molecule has 0 aliphatic carbocycles. The fourth-order valence-electron chi connectivity index (χ4n) is 2.12. The summed E-state index contributed by atoms with van der Waals surface area (Å²) in [6.45, 7) is 0.501. The van der Waals surface area contributed by atoms with Crippen molar-refractivity contribution < 1.29 is 9.47 Å². The third-order valence-corrected chi connectivity index (χ3v) is 3.73. The van der Waals surface area contributed by atoms with Crippen LogP contribution in [0.1, 0.15) is 12.0 Å². The summed E-state index contributed by atoms with van der Waals surface area (Å²) in [7, 11) is 0. The van der Waals surface area contributed by atoms with Crippen LogP contribution in [0.5, 0.6) is 11.6 Å². The zero-order valence-electron chi connectivity index (χ0n) is 11.1. The second-order valence-electron chi connectivity index (χ2n) is 4.88. The number of halogens is 4. The minimum atomic E-state index is -1.38. The molecule has 1 saturated heterocycles. The Bertz CT molecular complexity index is 687. The van der Waals surface area contributed by atoms with Gasteiger partial charge in [0.2, 0.25) is 5.88 Å². The van der Waals surface area contributed by atoms with Crippen LogP contribution < -0.4 is 4.74 Å². The average Bonchev–Trinajstić information content (AvgIpc) is 3.18. The average molecular weight is 380 g/mol. The van der Waals surface area contributed by atoms with Crippen LogP contribution in [-0.2, 0) is 10.3 Å². The van der Waals surface area contributed by atoms with Crippen LogP contribution in [0, 0.1) is 0 Å². The first-order valence-electron chi connectivity index (χ1n) is 6.33. The number of hydrogen-bond acceptors (Lipinski definition) is 4. The summed E-state index contributed by atoms with van der Waals surface area (Å²) in [4.78, 5) is 7.94. The monoisotopic (exact) mass is 378 g/mol. The van der Waals surface area contributed by atoms with E-state index < -0.39 is 9.39 Å². The summed E-state index contributed by atoms with van der Waals surface area (Å²) in [6, 6.07) is 7.36. The standard InChI is InChI=1S/C14H10Cl4N2O2/c15-11-5-19-6-12(20-11)22-10-3-1-2-9(4-10)13(8-21-13)7-14(16,17)18/h1-6H,7-8H2. The van der Waals surface area contributed by atoms with E-state index in [-0.39, 0.29) is 11.6 Å². The van der Waals surface area contributed by atoms with Gasteiger partial charge in [-0.2, -0.15) is 4.98 Å². The number of hydrogen-bond donors (Lipinski definition) is 0. The van der Waals surface area contributed by atoms with E-state index in [1.54, 1.807) is 6.07 Å². The molecule has 0 radical (unpaired) electrons. The van der Waals surface area contributed by atoms with Gasteiger partial charge in [-0.25, -0.2) is 0 Å². The van der Waals surface area contributed by atoms with Crippen molar-refractivity contribution in [3.63, 3.8) is 0 Å². The summed E-state index contributed by atoms with van der Waals surface area (Å²) in [6.07, 6.45) is 3.17. The summed E-state index contributed by atoms with van der Waals surface area (Å²) in [5.74, 6) is 0.880. The largest absolute Gasteiger partial charge is 0.437 e. The fourth-order valence-corrected chi connectivity index (χ4v) is 2.91. The molecule has 2 aromatic rings. The van der Waals surface area contributed by atoms with Crippen LogP contribution in [-0.4, -0.2) is 20.4 Å². The quantitative estimate of drug-likeness (QED) is 0.559. The van der Waals surface area contributed by atoms with Gasteiger partial charge in [-0.15, -0.1) is 0 Å². The number of benzene rings is 1. The number of alkyl halides is 3. The van der Waals surface area contributed by atoms with Gasteiger partial charge in [-0.05, 0) is 17.7 Å². The SMILES string of the molecule is Clc1cncc(Oc2cccc(C3(CC(Cl)(Cl)Cl)CO3)c2)n1. The Morgan fingerprint density at radius 2 is 2.05 bits per heavy atom. The van der Waals surface area contributed by atoms with Gasteiger partial charge in [-0.1, -0.05) is 58.5 Å². The van der Waals surface area contributed by atoms with Crippen LogP contribution in [0.2, 0.25) is 5.15 Å². The molecule has 0 bridgehead atoms. The number of ether oxygens (including phenoxy) is 2. The summed E-state index contributed by atoms with van der Waals surface area (Å²) in [5.41, 5.74) is 0.302. The third kappa shape index (κ3) is 3.94. The van der Waals surface area contributed by atoms with E-state index in [1.807, 2.05) is 18.2 Å². The highest BCUT2D eigenvalue weighted by atomic mass is 35.6. The third-order valence-electron chi connectivity index (χ3n) is 3.14. The van der Waals surface area contributed by atoms with Crippen molar-refractivity contribution >= 4 is 46.4 Å².